The molecule has 2 aromatic rings. The fourth-order valence-corrected chi connectivity index (χ4v) is 3.74. The van der Waals surface area contributed by atoms with Gasteiger partial charge in [-0.15, -0.1) is 11.8 Å². The van der Waals surface area contributed by atoms with Crippen molar-refractivity contribution in [1.82, 2.24) is 9.88 Å². The summed E-state index contributed by atoms with van der Waals surface area (Å²) in [6.45, 7) is 2.90. The number of ketones is 1. The highest BCUT2D eigenvalue weighted by molar-refractivity contribution is 8.00. The van der Waals surface area contributed by atoms with Gasteiger partial charge >= 0.3 is 5.97 Å². The highest BCUT2D eigenvalue weighted by Gasteiger charge is 2.22. The zero-order valence-corrected chi connectivity index (χ0v) is 16.0. The number of nitrogens with one attached hydrogen (secondary N) is 1. The number of aromatic nitrogens is 1. The molecule has 0 spiro atoms. The second kappa shape index (κ2) is 8.90. The minimum absolute atomic E-state index is 0.101. The number of ether oxygens (including phenoxy) is 1. The molecule has 6 nitrogen and oxygen atoms in total. The monoisotopic (exact) mass is 386 g/mol. The summed E-state index contributed by atoms with van der Waals surface area (Å²) in [6, 6.07) is 11.1. The molecule has 0 radical (unpaired) electrons. The van der Waals surface area contributed by atoms with Crippen molar-refractivity contribution in [2.45, 2.75) is 29.9 Å². The van der Waals surface area contributed by atoms with E-state index in [-0.39, 0.29) is 18.3 Å². The van der Waals surface area contributed by atoms with Crippen molar-refractivity contribution >= 4 is 29.4 Å². The van der Waals surface area contributed by atoms with Crippen molar-refractivity contribution in [2.24, 2.45) is 0 Å². The highest BCUT2D eigenvalue weighted by atomic mass is 32.2. The predicted octanol–water partition coefficient (Wildman–Crippen LogP) is 3.16. The van der Waals surface area contributed by atoms with Gasteiger partial charge in [0.15, 0.2) is 6.61 Å². The van der Waals surface area contributed by atoms with Gasteiger partial charge < -0.3 is 14.6 Å². The van der Waals surface area contributed by atoms with Crippen molar-refractivity contribution in [3.05, 3.63) is 53.9 Å². The summed E-state index contributed by atoms with van der Waals surface area (Å²) in [5, 5.41) is -0.418. The molecule has 2 heterocycles. The van der Waals surface area contributed by atoms with Crippen LogP contribution in [0.1, 0.15) is 40.6 Å². The van der Waals surface area contributed by atoms with Crippen LogP contribution in [0.25, 0.3) is 0 Å². The van der Waals surface area contributed by atoms with E-state index in [0.29, 0.717) is 11.3 Å². The van der Waals surface area contributed by atoms with Crippen LogP contribution in [0.15, 0.2) is 47.5 Å². The van der Waals surface area contributed by atoms with E-state index in [9.17, 15) is 14.4 Å². The maximum atomic E-state index is 12.3. The number of thioether (sulfide) groups is 1. The SMILES string of the molecule is CC(Sc1ccccc1)C(=O)OCC(=O)c1c[nH]c(C(=O)N2CCCC2)c1. The molecule has 1 amide bonds. The lowest BCUT2D eigenvalue weighted by Gasteiger charge is -2.13. The lowest BCUT2D eigenvalue weighted by atomic mass is 10.2. The number of nitrogens with zero attached hydrogens (tertiary/aromatic N) is 1. The summed E-state index contributed by atoms with van der Waals surface area (Å²) >= 11 is 1.38. The summed E-state index contributed by atoms with van der Waals surface area (Å²) in [5.74, 6) is -0.880. The molecule has 0 aliphatic carbocycles. The van der Waals surface area contributed by atoms with E-state index in [1.165, 1.54) is 24.0 Å². The van der Waals surface area contributed by atoms with Crippen molar-refractivity contribution in [2.75, 3.05) is 19.7 Å². The smallest absolute Gasteiger partial charge is 0.319 e. The fraction of sp³-hybridized carbons (Fsp3) is 0.350. The van der Waals surface area contributed by atoms with Gasteiger partial charge in [-0.05, 0) is 38.0 Å². The number of esters is 1. The molecule has 7 heteroatoms. The number of benzene rings is 1. The Morgan fingerprint density at radius 2 is 1.89 bits per heavy atom. The van der Waals surface area contributed by atoms with Gasteiger partial charge in [-0.1, -0.05) is 18.2 Å². The van der Waals surface area contributed by atoms with Crippen molar-refractivity contribution in [3.8, 4) is 0 Å². The summed E-state index contributed by atoms with van der Waals surface area (Å²) in [4.78, 5) is 42.3. The highest BCUT2D eigenvalue weighted by Crippen LogP contribution is 2.23. The van der Waals surface area contributed by atoms with Crippen molar-refractivity contribution in [3.63, 3.8) is 0 Å². The summed E-state index contributed by atoms with van der Waals surface area (Å²) in [5.41, 5.74) is 0.730. The average molecular weight is 386 g/mol. The quantitative estimate of drug-likeness (QED) is 0.449. The Kier molecular flexibility index (Phi) is 6.34. The molecule has 1 atom stereocenters. The molecule has 142 valence electrons. The maximum Gasteiger partial charge on any atom is 0.319 e. The molecular formula is C20H22N2O4S. The molecule has 1 N–H and O–H groups in total. The van der Waals surface area contributed by atoms with Crippen LogP contribution in [0.3, 0.4) is 0 Å². The number of H-pyrrole nitrogens is 1. The topological polar surface area (TPSA) is 79.5 Å². The van der Waals surface area contributed by atoms with E-state index in [4.69, 9.17) is 4.74 Å². The summed E-state index contributed by atoms with van der Waals surface area (Å²) in [7, 11) is 0. The fourth-order valence-electron chi connectivity index (χ4n) is 2.86. The van der Waals surface area contributed by atoms with Crippen LogP contribution in [0.4, 0.5) is 0 Å². The molecule has 0 saturated carbocycles. The normalized spacial score (nSPS) is 14.8. The van der Waals surface area contributed by atoms with Crippen LogP contribution in [0, 0.1) is 0 Å². The maximum absolute atomic E-state index is 12.3. The van der Waals surface area contributed by atoms with Crippen LogP contribution in [-0.2, 0) is 9.53 Å². The Balaban J connectivity index is 1.50. The molecule has 1 fully saturated rings. The molecule has 1 aromatic heterocycles. The van der Waals surface area contributed by atoms with Crippen LogP contribution in [0.5, 0.6) is 0 Å². The molecule has 1 unspecified atom stereocenters. The van der Waals surface area contributed by atoms with Gasteiger partial charge in [0.05, 0.1) is 0 Å². The van der Waals surface area contributed by atoms with Gasteiger partial charge in [0.1, 0.15) is 10.9 Å². The largest absolute Gasteiger partial charge is 0.456 e. The minimum atomic E-state index is -0.443. The molecule has 1 aromatic carbocycles. The molecule has 1 aliphatic rings. The van der Waals surface area contributed by atoms with Gasteiger partial charge in [0, 0.05) is 29.7 Å². The first-order chi connectivity index (χ1) is 13.0. The lowest BCUT2D eigenvalue weighted by molar-refractivity contribution is -0.141. The second-order valence-electron chi connectivity index (χ2n) is 6.41. The Labute approximate surface area is 162 Å². The third kappa shape index (κ3) is 5.01. The first-order valence-corrected chi connectivity index (χ1v) is 9.82. The van der Waals surface area contributed by atoms with E-state index in [0.717, 1.165) is 30.8 Å². The number of carbonyl (C=O) groups excluding carboxylic acids is 3. The van der Waals surface area contributed by atoms with Gasteiger partial charge in [0.2, 0.25) is 5.78 Å². The number of hydrogen-bond acceptors (Lipinski definition) is 5. The minimum Gasteiger partial charge on any atom is -0.456 e. The zero-order chi connectivity index (χ0) is 19.2. The van der Waals surface area contributed by atoms with Gasteiger partial charge in [0.25, 0.3) is 5.91 Å². The number of likely N-dealkylation sites (tertiary alicyclic amines) is 1. The van der Waals surface area contributed by atoms with Crippen LogP contribution in [-0.4, -0.2) is 52.5 Å². The van der Waals surface area contributed by atoms with Gasteiger partial charge in [-0.3, -0.25) is 14.4 Å². The Hall–Kier alpha value is -2.54. The van der Waals surface area contributed by atoms with Crippen LogP contribution < -0.4 is 0 Å². The van der Waals surface area contributed by atoms with E-state index in [1.807, 2.05) is 30.3 Å². The predicted molar refractivity (Wildman–Crippen MR) is 103 cm³/mol. The van der Waals surface area contributed by atoms with Crippen molar-refractivity contribution in [1.29, 1.82) is 0 Å². The lowest BCUT2D eigenvalue weighted by Crippen LogP contribution is -2.27. The Morgan fingerprint density at radius 1 is 1.19 bits per heavy atom. The Bertz CT molecular complexity index is 812. The molecular weight excluding hydrogens is 364 g/mol. The van der Waals surface area contributed by atoms with Crippen LogP contribution >= 0.6 is 11.8 Å². The summed E-state index contributed by atoms with van der Waals surface area (Å²) < 4.78 is 5.14. The number of amides is 1. The number of Topliss-reactive ketones (excluding diaryl/α,β-unsaturated/α-hetero) is 1. The summed E-state index contributed by atoms with van der Waals surface area (Å²) in [6.07, 6.45) is 3.50. The standard InChI is InChI=1S/C20H22N2O4S/c1-14(27-16-7-3-2-4-8-16)20(25)26-13-18(23)15-11-17(21-12-15)19(24)22-9-5-6-10-22/h2-4,7-8,11-12,14,21H,5-6,9-10,13H2,1H3. The first-order valence-electron chi connectivity index (χ1n) is 8.94. The van der Waals surface area contributed by atoms with Gasteiger partial charge in [-0.25, -0.2) is 0 Å². The molecule has 1 aliphatic heterocycles. The Morgan fingerprint density at radius 3 is 2.59 bits per heavy atom. The van der Waals surface area contributed by atoms with Crippen LogP contribution in [0.2, 0.25) is 0 Å². The van der Waals surface area contributed by atoms with E-state index in [2.05, 4.69) is 4.98 Å². The average Bonchev–Trinajstić information content (AvgIpc) is 3.38. The zero-order valence-electron chi connectivity index (χ0n) is 15.1. The third-order valence-corrected chi connectivity index (χ3v) is 5.45. The number of aromatic amines is 1. The molecule has 3 rings (SSSR count). The number of rotatable bonds is 7. The van der Waals surface area contributed by atoms with E-state index < -0.39 is 11.2 Å². The first kappa shape index (κ1) is 19.2. The van der Waals surface area contributed by atoms with Gasteiger partial charge in [-0.2, -0.15) is 0 Å². The van der Waals surface area contributed by atoms with E-state index >= 15 is 0 Å². The molecule has 27 heavy (non-hydrogen) atoms. The second-order valence-corrected chi connectivity index (χ2v) is 7.82. The number of hydrogen-bond donors (Lipinski definition) is 1. The molecule has 1 saturated heterocycles. The van der Waals surface area contributed by atoms with Crippen molar-refractivity contribution < 1.29 is 19.1 Å². The number of carbonyl (C=O) groups is 3. The van der Waals surface area contributed by atoms with E-state index in [1.54, 1.807) is 11.8 Å². The molecule has 0 bridgehead atoms. The third-order valence-electron chi connectivity index (χ3n) is 4.36.